The molecule has 0 bridgehead atoms. The molecule has 6 heteroatoms. The lowest BCUT2D eigenvalue weighted by molar-refractivity contribution is -0.914. The number of nitrogens with one attached hydrogen (secondary N) is 2. The van der Waals surface area contributed by atoms with Crippen LogP contribution in [0.25, 0.3) is 0 Å². The van der Waals surface area contributed by atoms with E-state index in [1.54, 1.807) is 14.2 Å². The van der Waals surface area contributed by atoms with Crippen LogP contribution >= 0.6 is 0 Å². The highest BCUT2D eigenvalue weighted by Gasteiger charge is 2.29. The molecule has 0 unspecified atom stereocenters. The van der Waals surface area contributed by atoms with E-state index in [4.69, 9.17) is 9.47 Å². The molecule has 1 aliphatic rings. The van der Waals surface area contributed by atoms with Gasteiger partial charge in [0.05, 0.1) is 40.4 Å². The van der Waals surface area contributed by atoms with Crippen molar-refractivity contribution < 1.29 is 19.2 Å². The Morgan fingerprint density at radius 3 is 2.00 bits per heavy atom. The fraction of sp³-hybridized carbons (Fsp3) is 0.381. The third kappa shape index (κ3) is 4.71. The molecule has 2 aromatic carbocycles. The number of nitrogens with zero attached hydrogens (tertiary/aromatic N) is 1. The zero-order valence-corrected chi connectivity index (χ0v) is 16.2. The first-order valence-electron chi connectivity index (χ1n) is 9.29. The number of carbonyl (C=O) groups excluding carboxylic acids is 1. The molecule has 2 N–H and O–H groups in total. The topological polar surface area (TPSA) is 55.2 Å². The van der Waals surface area contributed by atoms with Crippen molar-refractivity contribution in [2.45, 2.75) is 13.0 Å². The fourth-order valence-electron chi connectivity index (χ4n) is 3.39. The predicted octanol–water partition coefficient (Wildman–Crippen LogP) is 1.44. The van der Waals surface area contributed by atoms with Gasteiger partial charge in [0.15, 0.2) is 6.04 Å². The molecule has 1 amide bonds. The highest BCUT2D eigenvalue weighted by molar-refractivity contribution is 5.93. The molecule has 1 saturated heterocycles. The van der Waals surface area contributed by atoms with Crippen LogP contribution in [0.4, 0.5) is 11.4 Å². The van der Waals surface area contributed by atoms with Crippen molar-refractivity contribution in [2.24, 2.45) is 0 Å². The molecule has 27 heavy (non-hydrogen) atoms. The van der Waals surface area contributed by atoms with Gasteiger partial charge in [0, 0.05) is 11.4 Å². The zero-order chi connectivity index (χ0) is 19.2. The van der Waals surface area contributed by atoms with Crippen LogP contribution in [0.15, 0.2) is 48.5 Å². The van der Waals surface area contributed by atoms with Crippen molar-refractivity contribution in [2.75, 3.05) is 50.6 Å². The van der Waals surface area contributed by atoms with Crippen molar-refractivity contribution in [3.8, 4) is 11.5 Å². The van der Waals surface area contributed by atoms with Crippen LogP contribution in [0.5, 0.6) is 11.5 Å². The normalized spacial score (nSPS) is 15.9. The van der Waals surface area contributed by atoms with Gasteiger partial charge in [-0.15, -0.1) is 0 Å². The molecule has 6 nitrogen and oxygen atoms in total. The maximum atomic E-state index is 12.6. The summed E-state index contributed by atoms with van der Waals surface area (Å²) in [6.45, 7) is 5.73. The number of anilines is 2. The molecule has 0 aliphatic carbocycles. The average molecular weight is 370 g/mol. The summed E-state index contributed by atoms with van der Waals surface area (Å²) in [5.74, 6) is 1.70. The third-order valence-corrected chi connectivity index (χ3v) is 5.21. The lowest BCUT2D eigenvalue weighted by Gasteiger charge is -2.36. The van der Waals surface area contributed by atoms with E-state index in [1.165, 1.54) is 10.6 Å². The van der Waals surface area contributed by atoms with Crippen molar-refractivity contribution >= 4 is 17.3 Å². The van der Waals surface area contributed by atoms with E-state index in [0.717, 1.165) is 43.4 Å². The van der Waals surface area contributed by atoms with E-state index in [9.17, 15) is 4.79 Å². The Morgan fingerprint density at radius 2 is 1.48 bits per heavy atom. The number of carbonyl (C=O) groups is 1. The van der Waals surface area contributed by atoms with Crippen LogP contribution in [0.1, 0.15) is 6.92 Å². The number of piperazine rings is 1. The molecular formula is C21H28N3O3+. The molecule has 144 valence electrons. The summed E-state index contributed by atoms with van der Waals surface area (Å²) in [5.41, 5.74) is 1.99. The minimum atomic E-state index is -0.0925. The van der Waals surface area contributed by atoms with Crippen molar-refractivity contribution in [1.29, 1.82) is 0 Å². The van der Waals surface area contributed by atoms with E-state index >= 15 is 0 Å². The molecule has 1 fully saturated rings. The molecule has 3 rings (SSSR count). The first kappa shape index (κ1) is 19.0. The Hall–Kier alpha value is -2.73. The van der Waals surface area contributed by atoms with Crippen LogP contribution in [0, 0.1) is 0 Å². The Kier molecular flexibility index (Phi) is 6.19. The third-order valence-electron chi connectivity index (χ3n) is 5.21. The SMILES string of the molecule is COc1ccc(NC(=O)[C@@H](C)[NH+]2CCN(c3ccc(OC)cc3)CC2)cc1. The summed E-state index contributed by atoms with van der Waals surface area (Å²) in [6, 6.07) is 15.5. The molecule has 1 aliphatic heterocycles. The van der Waals surface area contributed by atoms with Crippen molar-refractivity contribution in [3.05, 3.63) is 48.5 Å². The minimum absolute atomic E-state index is 0.0491. The molecule has 0 aromatic heterocycles. The molecule has 0 saturated carbocycles. The second-order valence-electron chi connectivity index (χ2n) is 6.78. The Bertz CT molecular complexity index is 738. The highest BCUT2D eigenvalue weighted by Crippen LogP contribution is 2.19. The number of amides is 1. The maximum absolute atomic E-state index is 12.6. The Labute approximate surface area is 160 Å². The predicted molar refractivity (Wildman–Crippen MR) is 107 cm³/mol. The Balaban J connectivity index is 1.52. The van der Waals surface area contributed by atoms with Gasteiger partial charge < -0.3 is 24.6 Å². The van der Waals surface area contributed by atoms with Crippen LogP contribution in [0.2, 0.25) is 0 Å². The molecule has 0 spiro atoms. The summed E-state index contributed by atoms with van der Waals surface area (Å²) in [5, 5.41) is 3.00. The summed E-state index contributed by atoms with van der Waals surface area (Å²) in [4.78, 5) is 16.3. The van der Waals surface area contributed by atoms with Gasteiger partial charge in [-0.05, 0) is 55.5 Å². The first-order chi connectivity index (χ1) is 13.1. The number of rotatable bonds is 6. The van der Waals surface area contributed by atoms with Gasteiger partial charge in [-0.3, -0.25) is 4.79 Å². The number of ether oxygens (including phenoxy) is 2. The summed E-state index contributed by atoms with van der Waals surface area (Å²) in [6.07, 6.45) is 0. The van der Waals surface area contributed by atoms with Gasteiger partial charge in [-0.1, -0.05) is 0 Å². The number of methoxy groups -OCH3 is 2. The van der Waals surface area contributed by atoms with Gasteiger partial charge in [0.2, 0.25) is 0 Å². The van der Waals surface area contributed by atoms with Gasteiger partial charge in [-0.25, -0.2) is 0 Å². The smallest absolute Gasteiger partial charge is 0.282 e. The van der Waals surface area contributed by atoms with Crippen molar-refractivity contribution in [3.63, 3.8) is 0 Å². The monoisotopic (exact) mass is 370 g/mol. The standard InChI is InChI=1S/C21H27N3O3/c1-16(21(25)22-17-4-8-19(26-2)9-5-17)23-12-14-24(15-13-23)18-6-10-20(27-3)11-7-18/h4-11,16H,12-15H2,1-3H3,(H,22,25)/p+1/t16-/m1/s1. The van der Waals surface area contributed by atoms with Gasteiger partial charge in [-0.2, -0.15) is 0 Å². The molecule has 1 heterocycles. The van der Waals surface area contributed by atoms with Crippen molar-refractivity contribution in [1.82, 2.24) is 0 Å². The van der Waals surface area contributed by atoms with Gasteiger partial charge in [0.25, 0.3) is 5.91 Å². The average Bonchev–Trinajstić information content (AvgIpc) is 2.74. The maximum Gasteiger partial charge on any atom is 0.282 e. The van der Waals surface area contributed by atoms with Crippen LogP contribution in [-0.4, -0.2) is 52.3 Å². The van der Waals surface area contributed by atoms with E-state index in [1.807, 2.05) is 43.3 Å². The second kappa shape index (κ2) is 8.77. The number of benzene rings is 2. The minimum Gasteiger partial charge on any atom is -0.497 e. The van der Waals surface area contributed by atoms with E-state index < -0.39 is 0 Å². The molecule has 2 aromatic rings. The fourth-order valence-corrected chi connectivity index (χ4v) is 3.39. The molecule has 1 atom stereocenters. The first-order valence-corrected chi connectivity index (χ1v) is 9.29. The summed E-state index contributed by atoms with van der Waals surface area (Å²) < 4.78 is 10.4. The van der Waals surface area contributed by atoms with Gasteiger partial charge in [0.1, 0.15) is 11.5 Å². The highest BCUT2D eigenvalue weighted by atomic mass is 16.5. The summed E-state index contributed by atoms with van der Waals surface area (Å²) >= 11 is 0. The van der Waals surface area contributed by atoms with Gasteiger partial charge >= 0.3 is 0 Å². The quantitative estimate of drug-likeness (QED) is 0.808. The lowest BCUT2D eigenvalue weighted by Crippen LogP contribution is -3.19. The van der Waals surface area contributed by atoms with Crippen LogP contribution < -0.4 is 24.6 Å². The largest absolute Gasteiger partial charge is 0.497 e. The zero-order valence-electron chi connectivity index (χ0n) is 16.2. The molecule has 0 radical (unpaired) electrons. The van der Waals surface area contributed by atoms with E-state index in [0.29, 0.717) is 0 Å². The summed E-state index contributed by atoms with van der Waals surface area (Å²) in [7, 11) is 3.31. The van der Waals surface area contributed by atoms with E-state index in [2.05, 4.69) is 22.3 Å². The number of quaternary nitrogens is 1. The van der Waals surface area contributed by atoms with E-state index in [-0.39, 0.29) is 11.9 Å². The van der Waals surface area contributed by atoms with Crippen LogP contribution in [-0.2, 0) is 4.79 Å². The Morgan fingerprint density at radius 1 is 0.963 bits per heavy atom. The second-order valence-corrected chi connectivity index (χ2v) is 6.78. The number of hydrogen-bond acceptors (Lipinski definition) is 4. The lowest BCUT2D eigenvalue weighted by atomic mass is 10.2. The number of hydrogen-bond donors (Lipinski definition) is 2. The molecular weight excluding hydrogens is 342 g/mol. The van der Waals surface area contributed by atoms with Crippen LogP contribution in [0.3, 0.4) is 0 Å².